The van der Waals surface area contributed by atoms with Gasteiger partial charge in [-0.3, -0.25) is 0 Å². The van der Waals surface area contributed by atoms with E-state index in [0.29, 0.717) is 0 Å². The summed E-state index contributed by atoms with van der Waals surface area (Å²) in [6, 6.07) is 0. The fourth-order valence-electron chi connectivity index (χ4n) is 0.481. The summed E-state index contributed by atoms with van der Waals surface area (Å²) in [7, 11) is 0. The third-order valence-corrected chi connectivity index (χ3v) is 0.928. The van der Waals surface area contributed by atoms with Crippen LogP contribution in [0.15, 0.2) is 29.5 Å². The highest BCUT2D eigenvalue weighted by atomic mass is 13.8. The second-order valence-corrected chi connectivity index (χ2v) is 2.18. The van der Waals surface area contributed by atoms with Gasteiger partial charge in [-0.15, -0.1) is 5.73 Å². The van der Waals surface area contributed by atoms with Gasteiger partial charge in [0, 0.05) is 0 Å². The Morgan fingerprint density at radius 3 is 2.56 bits per heavy atom. The van der Waals surface area contributed by atoms with Crippen LogP contribution in [0.1, 0.15) is 27.2 Å². The zero-order valence-corrected chi connectivity index (χ0v) is 6.44. The van der Waals surface area contributed by atoms with E-state index in [-0.39, 0.29) is 0 Å². The molecule has 0 bridgehead atoms. The van der Waals surface area contributed by atoms with Crippen LogP contribution < -0.4 is 0 Å². The molecule has 0 aliphatic rings. The number of allylic oxidation sites excluding steroid dienone is 3. The average molecular weight is 122 g/mol. The molecule has 0 saturated heterocycles. The lowest BCUT2D eigenvalue weighted by Gasteiger charge is -1.82. The normalized spacial score (nSPS) is 7.44. The molecule has 0 unspecified atom stereocenters. The Morgan fingerprint density at radius 1 is 1.44 bits per heavy atom. The lowest BCUT2D eigenvalue weighted by Crippen LogP contribution is -1.61. The summed E-state index contributed by atoms with van der Waals surface area (Å²) in [5.41, 5.74) is 4.37. The molecule has 0 aromatic rings. The molecule has 0 aromatic heterocycles. The predicted molar refractivity (Wildman–Crippen MR) is 42.4 cm³/mol. The molecule has 0 atom stereocenters. The van der Waals surface area contributed by atoms with Gasteiger partial charge in [-0.2, -0.15) is 0 Å². The van der Waals surface area contributed by atoms with E-state index < -0.39 is 0 Å². The molecule has 0 N–H and O–H groups in total. The fraction of sp³-hybridized carbons (Fsp3) is 0.444. The van der Waals surface area contributed by atoms with Gasteiger partial charge in [0.05, 0.1) is 0 Å². The van der Waals surface area contributed by atoms with Crippen molar-refractivity contribution in [2.24, 2.45) is 0 Å². The molecular weight excluding hydrogens is 108 g/mol. The maximum atomic E-state index is 3.01. The van der Waals surface area contributed by atoms with E-state index in [9.17, 15) is 0 Å². The van der Waals surface area contributed by atoms with Crippen LogP contribution in [0, 0.1) is 0 Å². The first kappa shape index (κ1) is 8.26. The minimum atomic E-state index is 1.01. The predicted octanol–water partition coefficient (Wildman–Crippen LogP) is 3.07. The van der Waals surface area contributed by atoms with Crippen molar-refractivity contribution in [1.82, 2.24) is 0 Å². The third kappa shape index (κ3) is 7.26. The van der Waals surface area contributed by atoms with Gasteiger partial charge in [-0.05, 0) is 39.3 Å². The van der Waals surface area contributed by atoms with Crippen molar-refractivity contribution in [2.75, 3.05) is 0 Å². The smallest absolute Gasteiger partial charge is 0.00906 e. The van der Waals surface area contributed by atoms with Crippen LogP contribution in [0.2, 0.25) is 0 Å². The number of hydrogen-bond donors (Lipinski definition) is 0. The molecule has 0 heteroatoms. The van der Waals surface area contributed by atoms with Gasteiger partial charge in [0.25, 0.3) is 0 Å². The van der Waals surface area contributed by atoms with E-state index >= 15 is 0 Å². The minimum Gasteiger partial charge on any atom is -0.130 e. The van der Waals surface area contributed by atoms with E-state index in [1.54, 1.807) is 0 Å². The van der Waals surface area contributed by atoms with Crippen LogP contribution in [0.25, 0.3) is 0 Å². The zero-order valence-electron chi connectivity index (χ0n) is 6.44. The van der Waals surface area contributed by atoms with Crippen molar-refractivity contribution in [1.29, 1.82) is 0 Å². The average Bonchev–Trinajstić information content (AvgIpc) is 1.80. The van der Waals surface area contributed by atoms with Gasteiger partial charge in [0.2, 0.25) is 0 Å². The van der Waals surface area contributed by atoms with Gasteiger partial charge >= 0.3 is 0 Å². The molecule has 0 heterocycles. The monoisotopic (exact) mass is 122 g/mol. The molecule has 0 fully saturated rings. The largest absolute Gasteiger partial charge is 0.130 e. The van der Waals surface area contributed by atoms with Gasteiger partial charge in [0.1, 0.15) is 0 Å². The van der Waals surface area contributed by atoms with Crippen LogP contribution in [0.5, 0.6) is 0 Å². The van der Waals surface area contributed by atoms with Crippen molar-refractivity contribution in [2.45, 2.75) is 27.2 Å². The first-order chi connectivity index (χ1) is 4.27. The molecule has 0 amide bonds. The standard InChI is InChI=1S/C9H14/c1-4-5-6-7-8-9(2)3/h4,6,8H,7H2,1-3H3. The molecule has 0 rings (SSSR count). The van der Waals surface area contributed by atoms with Crippen molar-refractivity contribution in [3.8, 4) is 0 Å². The number of hydrogen-bond acceptors (Lipinski definition) is 0. The highest BCUT2D eigenvalue weighted by molar-refractivity contribution is 4.98. The number of rotatable bonds is 2. The van der Waals surface area contributed by atoms with E-state index in [1.807, 2.05) is 19.1 Å². The summed E-state index contributed by atoms with van der Waals surface area (Å²) in [5, 5.41) is 0. The van der Waals surface area contributed by atoms with Crippen molar-refractivity contribution < 1.29 is 0 Å². The van der Waals surface area contributed by atoms with Crippen LogP contribution >= 0.6 is 0 Å². The molecule has 0 nitrogen and oxygen atoms in total. The Morgan fingerprint density at radius 2 is 2.11 bits per heavy atom. The maximum Gasteiger partial charge on any atom is -0.00906 e. The quantitative estimate of drug-likeness (QED) is 0.390. The third-order valence-electron chi connectivity index (χ3n) is 0.928. The first-order valence-electron chi connectivity index (χ1n) is 3.26. The summed E-state index contributed by atoms with van der Waals surface area (Å²) in [4.78, 5) is 0. The fourth-order valence-corrected chi connectivity index (χ4v) is 0.481. The Bertz CT molecular complexity index is 139. The highest BCUT2D eigenvalue weighted by Crippen LogP contribution is 1.92. The van der Waals surface area contributed by atoms with Gasteiger partial charge < -0.3 is 0 Å². The Hall–Kier alpha value is -0.740. The Labute approximate surface area is 57.6 Å². The van der Waals surface area contributed by atoms with Crippen LogP contribution in [-0.2, 0) is 0 Å². The molecule has 0 spiro atoms. The summed E-state index contributed by atoms with van der Waals surface area (Å²) < 4.78 is 0. The molecule has 0 aromatic carbocycles. The Kier molecular flexibility index (Phi) is 4.95. The van der Waals surface area contributed by atoms with Crippen molar-refractivity contribution in [3.05, 3.63) is 29.5 Å². The molecule has 0 aliphatic carbocycles. The van der Waals surface area contributed by atoms with Crippen molar-refractivity contribution in [3.63, 3.8) is 0 Å². The van der Waals surface area contributed by atoms with Crippen molar-refractivity contribution >= 4 is 0 Å². The SMILES string of the molecule is CC=C=CCC=C(C)C. The van der Waals surface area contributed by atoms with E-state index in [1.165, 1.54) is 5.57 Å². The summed E-state index contributed by atoms with van der Waals surface area (Å²) in [5.74, 6) is 0. The van der Waals surface area contributed by atoms with E-state index in [0.717, 1.165) is 6.42 Å². The summed E-state index contributed by atoms with van der Waals surface area (Å²) in [6.45, 7) is 6.17. The lowest BCUT2D eigenvalue weighted by atomic mass is 10.3. The van der Waals surface area contributed by atoms with E-state index in [4.69, 9.17) is 0 Å². The van der Waals surface area contributed by atoms with E-state index in [2.05, 4.69) is 25.7 Å². The summed E-state index contributed by atoms with van der Waals surface area (Å²) >= 11 is 0. The second-order valence-electron chi connectivity index (χ2n) is 2.18. The second kappa shape index (κ2) is 5.40. The lowest BCUT2D eigenvalue weighted by molar-refractivity contribution is 1.28. The first-order valence-corrected chi connectivity index (χ1v) is 3.26. The summed E-state index contributed by atoms with van der Waals surface area (Å²) in [6.07, 6.45) is 7.12. The molecule has 50 valence electrons. The molecule has 0 saturated carbocycles. The van der Waals surface area contributed by atoms with Gasteiger partial charge in [0.15, 0.2) is 0 Å². The zero-order chi connectivity index (χ0) is 7.11. The van der Waals surface area contributed by atoms with Crippen LogP contribution in [-0.4, -0.2) is 0 Å². The molecule has 9 heavy (non-hydrogen) atoms. The maximum absolute atomic E-state index is 3.01. The van der Waals surface area contributed by atoms with Gasteiger partial charge in [-0.1, -0.05) is 11.6 Å². The molecule has 0 radical (unpaired) electrons. The van der Waals surface area contributed by atoms with Gasteiger partial charge in [-0.25, -0.2) is 0 Å². The van der Waals surface area contributed by atoms with Crippen LogP contribution in [0.3, 0.4) is 0 Å². The highest BCUT2D eigenvalue weighted by Gasteiger charge is 1.71. The molecular formula is C9H14. The Balaban J connectivity index is 3.53. The minimum absolute atomic E-state index is 1.01. The van der Waals surface area contributed by atoms with Crippen LogP contribution in [0.4, 0.5) is 0 Å². The molecule has 0 aliphatic heterocycles. The topological polar surface area (TPSA) is 0 Å².